The summed E-state index contributed by atoms with van der Waals surface area (Å²) in [5.74, 6) is -3.86. The lowest BCUT2D eigenvalue weighted by molar-refractivity contribution is 0.447. The molecule has 3 nitrogen and oxygen atoms in total. The Morgan fingerprint density at radius 3 is 2.50 bits per heavy atom. The average Bonchev–Trinajstić information content (AvgIpc) is 3.15. The van der Waals surface area contributed by atoms with Crippen LogP contribution in [0, 0.1) is 17.5 Å². The lowest BCUT2D eigenvalue weighted by atomic mass is 10.1. The smallest absolute Gasteiger partial charge is 0.194 e. The molecule has 1 aromatic carbocycles. The normalized spacial score (nSPS) is 14.8. The zero-order valence-corrected chi connectivity index (χ0v) is 11.0. The number of aryl methyl sites for hydroxylation is 1. The average molecular weight is 281 g/mol. The second-order valence-corrected chi connectivity index (χ2v) is 5.09. The molecule has 20 heavy (non-hydrogen) atoms. The van der Waals surface area contributed by atoms with Gasteiger partial charge >= 0.3 is 0 Å². The lowest BCUT2D eigenvalue weighted by Gasteiger charge is -2.05. The minimum atomic E-state index is -1.46. The molecule has 106 valence electrons. The maximum atomic E-state index is 13.3. The van der Waals surface area contributed by atoms with Gasteiger partial charge in [0.15, 0.2) is 17.5 Å². The Morgan fingerprint density at radius 2 is 1.90 bits per heavy atom. The fourth-order valence-corrected chi connectivity index (χ4v) is 2.14. The van der Waals surface area contributed by atoms with Crippen molar-refractivity contribution in [1.29, 1.82) is 0 Å². The molecule has 1 aromatic heterocycles. The monoisotopic (exact) mass is 281 g/mol. The van der Waals surface area contributed by atoms with E-state index in [9.17, 15) is 13.2 Å². The van der Waals surface area contributed by atoms with Crippen LogP contribution in [0.5, 0.6) is 0 Å². The second-order valence-electron chi connectivity index (χ2n) is 5.09. The molecule has 0 atom stereocenters. The molecular formula is C14H14F3N3. The summed E-state index contributed by atoms with van der Waals surface area (Å²) in [5.41, 5.74) is 1.55. The molecule has 1 fully saturated rings. The second kappa shape index (κ2) is 4.94. The molecule has 3 rings (SSSR count). The van der Waals surface area contributed by atoms with Crippen molar-refractivity contribution in [2.24, 2.45) is 7.05 Å². The van der Waals surface area contributed by atoms with Gasteiger partial charge in [-0.05, 0) is 25.0 Å². The summed E-state index contributed by atoms with van der Waals surface area (Å²) in [6.07, 6.45) is 4.09. The number of benzene rings is 1. The van der Waals surface area contributed by atoms with Crippen molar-refractivity contribution in [3.8, 4) is 11.3 Å². The van der Waals surface area contributed by atoms with Gasteiger partial charge in [0.2, 0.25) is 0 Å². The predicted octanol–water partition coefficient (Wildman–Crippen LogP) is 2.76. The van der Waals surface area contributed by atoms with Crippen molar-refractivity contribution in [1.82, 2.24) is 15.1 Å². The van der Waals surface area contributed by atoms with E-state index in [1.54, 1.807) is 17.9 Å². The van der Waals surface area contributed by atoms with Crippen LogP contribution in [0.4, 0.5) is 13.2 Å². The number of hydrogen-bond donors (Lipinski definition) is 1. The van der Waals surface area contributed by atoms with Crippen LogP contribution in [0.3, 0.4) is 0 Å². The largest absolute Gasteiger partial charge is 0.310 e. The van der Waals surface area contributed by atoms with Crippen molar-refractivity contribution >= 4 is 0 Å². The highest BCUT2D eigenvalue weighted by Gasteiger charge is 2.22. The lowest BCUT2D eigenvalue weighted by Crippen LogP contribution is -2.15. The molecule has 0 bridgehead atoms. The third-order valence-electron chi connectivity index (χ3n) is 3.32. The fourth-order valence-electron chi connectivity index (χ4n) is 2.14. The highest BCUT2D eigenvalue weighted by molar-refractivity contribution is 5.63. The number of hydrogen-bond acceptors (Lipinski definition) is 2. The van der Waals surface area contributed by atoms with Gasteiger partial charge in [-0.25, -0.2) is 13.2 Å². The Kier molecular flexibility index (Phi) is 3.25. The molecule has 1 aliphatic carbocycles. The third kappa shape index (κ3) is 2.56. The van der Waals surface area contributed by atoms with Crippen molar-refractivity contribution in [3.63, 3.8) is 0 Å². The fraction of sp³-hybridized carbons (Fsp3) is 0.357. The van der Waals surface area contributed by atoms with Gasteiger partial charge in [-0.15, -0.1) is 0 Å². The molecule has 6 heteroatoms. The highest BCUT2D eigenvalue weighted by atomic mass is 19.2. The highest BCUT2D eigenvalue weighted by Crippen LogP contribution is 2.26. The Balaban J connectivity index is 1.95. The van der Waals surface area contributed by atoms with Gasteiger partial charge < -0.3 is 5.32 Å². The quantitative estimate of drug-likeness (QED) is 0.873. The van der Waals surface area contributed by atoms with E-state index in [1.807, 2.05) is 0 Å². The molecule has 1 heterocycles. The van der Waals surface area contributed by atoms with E-state index in [0.29, 0.717) is 18.3 Å². The number of aromatic nitrogens is 2. The van der Waals surface area contributed by atoms with E-state index in [0.717, 1.165) is 30.5 Å². The summed E-state index contributed by atoms with van der Waals surface area (Å²) >= 11 is 0. The predicted molar refractivity (Wildman–Crippen MR) is 68.4 cm³/mol. The third-order valence-corrected chi connectivity index (χ3v) is 3.32. The van der Waals surface area contributed by atoms with Gasteiger partial charge in [0.25, 0.3) is 0 Å². The maximum Gasteiger partial charge on any atom is 0.194 e. The maximum absolute atomic E-state index is 13.3. The van der Waals surface area contributed by atoms with Crippen molar-refractivity contribution < 1.29 is 13.2 Å². The first kappa shape index (κ1) is 13.2. The van der Waals surface area contributed by atoms with Crippen LogP contribution in [-0.2, 0) is 13.6 Å². The summed E-state index contributed by atoms with van der Waals surface area (Å²) in [6.45, 7) is 0.578. The molecule has 1 N–H and O–H groups in total. The van der Waals surface area contributed by atoms with Crippen LogP contribution in [0.25, 0.3) is 11.3 Å². The summed E-state index contributed by atoms with van der Waals surface area (Å²) in [4.78, 5) is 0. The summed E-state index contributed by atoms with van der Waals surface area (Å²) in [5, 5.41) is 7.53. The van der Waals surface area contributed by atoms with E-state index in [-0.39, 0.29) is 5.56 Å². The molecule has 0 aliphatic heterocycles. The van der Waals surface area contributed by atoms with Crippen molar-refractivity contribution in [2.75, 3.05) is 0 Å². The van der Waals surface area contributed by atoms with E-state index in [2.05, 4.69) is 10.4 Å². The first-order valence-corrected chi connectivity index (χ1v) is 6.45. The molecule has 1 aliphatic rings. The zero-order chi connectivity index (χ0) is 14.3. The van der Waals surface area contributed by atoms with Gasteiger partial charge in [0.05, 0.1) is 5.69 Å². The van der Waals surface area contributed by atoms with Crippen molar-refractivity contribution in [2.45, 2.75) is 25.4 Å². The molecule has 0 saturated heterocycles. The zero-order valence-electron chi connectivity index (χ0n) is 11.0. The molecule has 0 amide bonds. The first-order valence-electron chi connectivity index (χ1n) is 6.45. The topological polar surface area (TPSA) is 29.9 Å². The first-order chi connectivity index (χ1) is 9.54. The Labute approximate surface area is 114 Å². The van der Waals surface area contributed by atoms with E-state index >= 15 is 0 Å². The standard InChI is InChI=1S/C14H14F3N3/c1-20-7-9(6-18-10-2-3-10)14(19-20)8-4-11(15)13(17)12(16)5-8/h4-5,7,10,18H,2-3,6H2,1H3. The van der Waals surface area contributed by atoms with Crippen molar-refractivity contribution in [3.05, 3.63) is 41.3 Å². The Morgan fingerprint density at radius 1 is 1.25 bits per heavy atom. The number of nitrogens with one attached hydrogen (secondary N) is 1. The van der Waals surface area contributed by atoms with Crippen LogP contribution in [-0.4, -0.2) is 15.8 Å². The van der Waals surface area contributed by atoms with Gasteiger partial charge in [0.1, 0.15) is 0 Å². The molecule has 0 radical (unpaired) electrons. The summed E-state index contributed by atoms with van der Waals surface area (Å²) < 4.78 is 41.2. The Hall–Kier alpha value is -1.82. The number of rotatable bonds is 4. The molecular weight excluding hydrogens is 267 g/mol. The van der Waals surface area contributed by atoms with Crippen LogP contribution in [0.2, 0.25) is 0 Å². The summed E-state index contributed by atoms with van der Waals surface area (Å²) in [6, 6.07) is 2.47. The molecule has 2 aromatic rings. The molecule has 0 unspecified atom stereocenters. The SMILES string of the molecule is Cn1cc(CNC2CC2)c(-c2cc(F)c(F)c(F)c2)n1. The van der Waals surface area contributed by atoms with Gasteiger partial charge in [-0.2, -0.15) is 5.10 Å². The van der Waals surface area contributed by atoms with E-state index < -0.39 is 17.5 Å². The number of nitrogens with zero attached hydrogens (tertiary/aromatic N) is 2. The van der Waals surface area contributed by atoms with Crippen LogP contribution >= 0.6 is 0 Å². The summed E-state index contributed by atoms with van der Waals surface area (Å²) in [7, 11) is 1.74. The Bertz CT molecular complexity index is 624. The molecule has 1 saturated carbocycles. The number of halogens is 3. The minimum absolute atomic E-state index is 0.245. The van der Waals surface area contributed by atoms with Gasteiger partial charge in [-0.3, -0.25) is 4.68 Å². The van der Waals surface area contributed by atoms with Gasteiger partial charge in [0, 0.05) is 37.0 Å². The van der Waals surface area contributed by atoms with Crippen LogP contribution < -0.4 is 5.32 Å². The van der Waals surface area contributed by atoms with Crippen LogP contribution in [0.1, 0.15) is 18.4 Å². The minimum Gasteiger partial charge on any atom is -0.310 e. The van der Waals surface area contributed by atoms with Crippen LogP contribution in [0.15, 0.2) is 18.3 Å². The van der Waals surface area contributed by atoms with E-state index in [1.165, 1.54) is 0 Å². The van der Waals surface area contributed by atoms with Gasteiger partial charge in [-0.1, -0.05) is 0 Å². The molecule has 0 spiro atoms. The van der Waals surface area contributed by atoms with E-state index in [4.69, 9.17) is 0 Å².